The van der Waals surface area contributed by atoms with E-state index >= 15 is 0 Å². The highest BCUT2D eigenvalue weighted by atomic mass is 32.2. The molecule has 23 heavy (non-hydrogen) atoms. The number of aryl methyl sites for hydroxylation is 1. The predicted molar refractivity (Wildman–Crippen MR) is 99.0 cm³/mol. The SMILES string of the molecule is CC(C)c1ccc(CCC(=O)NCCSc2ccccc2)cc1. The van der Waals surface area contributed by atoms with Gasteiger partial charge in [0.15, 0.2) is 0 Å². The lowest BCUT2D eigenvalue weighted by atomic mass is 10.0. The summed E-state index contributed by atoms with van der Waals surface area (Å²) < 4.78 is 0. The Bertz CT molecular complexity index is 593. The van der Waals surface area contributed by atoms with Crippen molar-refractivity contribution in [1.29, 1.82) is 0 Å². The Balaban J connectivity index is 1.63. The van der Waals surface area contributed by atoms with Crippen LogP contribution in [0, 0.1) is 0 Å². The van der Waals surface area contributed by atoms with Crippen LogP contribution in [0.3, 0.4) is 0 Å². The van der Waals surface area contributed by atoms with Crippen molar-refractivity contribution >= 4 is 17.7 Å². The molecule has 1 N–H and O–H groups in total. The summed E-state index contributed by atoms with van der Waals surface area (Å²) in [5.74, 6) is 1.58. The highest BCUT2D eigenvalue weighted by molar-refractivity contribution is 7.99. The van der Waals surface area contributed by atoms with Gasteiger partial charge in [0.05, 0.1) is 0 Å². The number of hydrogen-bond donors (Lipinski definition) is 1. The third-order valence-electron chi connectivity index (χ3n) is 3.72. The van der Waals surface area contributed by atoms with E-state index in [0.29, 0.717) is 18.9 Å². The molecule has 2 aromatic carbocycles. The van der Waals surface area contributed by atoms with Gasteiger partial charge in [0, 0.05) is 23.6 Å². The maximum Gasteiger partial charge on any atom is 0.220 e. The molecule has 0 unspecified atom stereocenters. The highest BCUT2D eigenvalue weighted by Gasteiger charge is 2.03. The minimum absolute atomic E-state index is 0.131. The number of hydrogen-bond acceptors (Lipinski definition) is 2. The molecule has 2 nitrogen and oxygen atoms in total. The monoisotopic (exact) mass is 327 g/mol. The molecule has 0 heterocycles. The van der Waals surface area contributed by atoms with Crippen molar-refractivity contribution in [1.82, 2.24) is 5.32 Å². The van der Waals surface area contributed by atoms with Crippen molar-refractivity contribution < 1.29 is 4.79 Å². The van der Waals surface area contributed by atoms with Gasteiger partial charge in [0.25, 0.3) is 0 Å². The molecule has 0 aromatic heterocycles. The molecule has 2 aromatic rings. The molecule has 0 aliphatic heterocycles. The van der Waals surface area contributed by atoms with Crippen LogP contribution < -0.4 is 5.32 Å². The molecule has 0 saturated carbocycles. The van der Waals surface area contributed by atoms with Crippen molar-refractivity contribution in [3.8, 4) is 0 Å². The van der Waals surface area contributed by atoms with E-state index in [4.69, 9.17) is 0 Å². The predicted octanol–water partition coefficient (Wildman–Crippen LogP) is 4.65. The molecule has 0 atom stereocenters. The van der Waals surface area contributed by atoms with Crippen LogP contribution in [0.1, 0.15) is 37.3 Å². The van der Waals surface area contributed by atoms with Crippen molar-refractivity contribution in [3.63, 3.8) is 0 Å². The fraction of sp³-hybridized carbons (Fsp3) is 0.350. The maximum absolute atomic E-state index is 11.9. The molecule has 0 bridgehead atoms. The molecule has 1 amide bonds. The second-order valence-corrected chi connectivity index (χ2v) is 7.08. The Morgan fingerprint density at radius 1 is 1.04 bits per heavy atom. The van der Waals surface area contributed by atoms with E-state index in [-0.39, 0.29) is 5.91 Å². The van der Waals surface area contributed by atoms with Gasteiger partial charge in [0.1, 0.15) is 0 Å². The summed E-state index contributed by atoms with van der Waals surface area (Å²) in [7, 11) is 0. The summed E-state index contributed by atoms with van der Waals surface area (Å²) in [5.41, 5.74) is 2.57. The number of amides is 1. The van der Waals surface area contributed by atoms with Crippen LogP contribution in [0.4, 0.5) is 0 Å². The fourth-order valence-electron chi connectivity index (χ4n) is 2.29. The average Bonchev–Trinajstić information content (AvgIpc) is 2.58. The zero-order chi connectivity index (χ0) is 16.5. The van der Waals surface area contributed by atoms with Gasteiger partial charge in [0.2, 0.25) is 5.91 Å². The molecular weight excluding hydrogens is 302 g/mol. The summed E-state index contributed by atoms with van der Waals surface area (Å²) >= 11 is 1.77. The van der Waals surface area contributed by atoms with Crippen LogP contribution in [-0.2, 0) is 11.2 Å². The third kappa shape index (κ3) is 6.49. The molecule has 3 heteroatoms. The van der Waals surface area contributed by atoms with Gasteiger partial charge in [-0.2, -0.15) is 0 Å². The van der Waals surface area contributed by atoms with E-state index < -0.39 is 0 Å². The molecule has 0 spiro atoms. The molecule has 0 aliphatic rings. The molecule has 0 saturated heterocycles. The standard InChI is InChI=1S/C20H25NOS/c1-16(2)18-11-8-17(9-12-18)10-13-20(22)21-14-15-23-19-6-4-3-5-7-19/h3-9,11-12,16H,10,13-15H2,1-2H3,(H,21,22). The lowest BCUT2D eigenvalue weighted by molar-refractivity contribution is -0.120. The van der Waals surface area contributed by atoms with Crippen molar-refractivity contribution in [2.24, 2.45) is 0 Å². The number of nitrogens with one attached hydrogen (secondary N) is 1. The summed E-state index contributed by atoms with van der Waals surface area (Å²) in [5, 5.41) is 2.99. The molecular formula is C20H25NOS. The fourth-order valence-corrected chi connectivity index (χ4v) is 3.08. The smallest absolute Gasteiger partial charge is 0.220 e. The first-order valence-corrected chi connectivity index (χ1v) is 9.17. The van der Waals surface area contributed by atoms with Crippen molar-refractivity contribution in [2.75, 3.05) is 12.3 Å². The normalized spacial score (nSPS) is 10.7. The number of carbonyl (C=O) groups excluding carboxylic acids is 1. The van der Waals surface area contributed by atoms with Gasteiger partial charge in [-0.3, -0.25) is 4.79 Å². The van der Waals surface area contributed by atoms with Crippen LogP contribution in [-0.4, -0.2) is 18.2 Å². The van der Waals surface area contributed by atoms with E-state index in [0.717, 1.165) is 12.2 Å². The number of thioether (sulfide) groups is 1. The van der Waals surface area contributed by atoms with Gasteiger partial charge in [-0.1, -0.05) is 56.3 Å². The van der Waals surface area contributed by atoms with Crippen LogP contribution in [0.2, 0.25) is 0 Å². The third-order valence-corrected chi connectivity index (χ3v) is 4.74. The van der Waals surface area contributed by atoms with E-state index in [1.54, 1.807) is 11.8 Å². The lowest BCUT2D eigenvalue weighted by Gasteiger charge is -2.08. The first kappa shape index (κ1) is 17.6. The maximum atomic E-state index is 11.9. The second kappa shape index (κ2) is 9.41. The van der Waals surface area contributed by atoms with Gasteiger partial charge in [-0.15, -0.1) is 11.8 Å². The Kier molecular flexibility index (Phi) is 7.21. The van der Waals surface area contributed by atoms with Gasteiger partial charge in [-0.05, 0) is 35.6 Å². The van der Waals surface area contributed by atoms with Gasteiger partial charge < -0.3 is 5.32 Å². The quantitative estimate of drug-likeness (QED) is 0.565. The van der Waals surface area contributed by atoms with Crippen LogP contribution in [0.25, 0.3) is 0 Å². The molecule has 2 rings (SSSR count). The van der Waals surface area contributed by atoms with Gasteiger partial charge in [-0.25, -0.2) is 0 Å². The number of rotatable bonds is 8. The topological polar surface area (TPSA) is 29.1 Å². The van der Waals surface area contributed by atoms with E-state index in [1.807, 2.05) is 18.2 Å². The zero-order valence-electron chi connectivity index (χ0n) is 13.9. The Morgan fingerprint density at radius 2 is 1.74 bits per heavy atom. The van der Waals surface area contributed by atoms with E-state index in [2.05, 4.69) is 55.6 Å². The molecule has 122 valence electrons. The van der Waals surface area contributed by atoms with Crippen molar-refractivity contribution in [2.45, 2.75) is 37.5 Å². The Morgan fingerprint density at radius 3 is 2.39 bits per heavy atom. The van der Waals surface area contributed by atoms with E-state index in [1.165, 1.54) is 16.0 Å². The summed E-state index contributed by atoms with van der Waals surface area (Å²) in [4.78, 5) is 13.1. The zero-order valence-corrected chi connectivity index (χ0v) is 14.7. The summed E-state index contributed by atoms with van der Waals surface area (Å²) in [6.07, 6.45) is 1.35. The van der Waals surface area contributed by atoms with E-state index in [9.17, 15) is 4.79 Å². The Labute approximate surface area is 143 Å². The Hall–Kier alpha value is -1.74. The highest BCUT2D eigenvalue weighted by Crippen LogP contribution is 2.16. The van der Waals surface area contributed by atoms with Crippen LogP contribution in [0.5, 0.6) is 0 Å². The molecule has 0 radical (unpaired) electrons. The first-order valence-electron chi connectivity index (χ1n) is 8.18. The minimum atomic E-state index is 0.131. The number of carbonyl (C=O) groups is 1. The second-order valence-electron chi connectivity index (χ2n) is 5.91. The van der Waals surface area contributed by atoms with Crippen LogP contribution >= 0.6 is 11.8 Å². The molecule has 0 fully saturated rings. The average molecular weight is 327 g/mol. The molecule has 0 aliphatic carbocycles. The van der Waals surface area contributed by atoms with Crippen molar-refractivity contribution in [3.05, 3.63) is 65.7 Å². The summed E-state index contributed by atoms with van der Waals surface area (Å²) in [6, 6.07) is 18.8. The van der Waals surface area contributed by atoms with Crippen LogP contribution in [0.15, 0.2) is 59.5 Å². The minimum Gasteiger partial charge on any atom is -0.355 e. The first-order chi connectivity index (χ1) is 11.1. The number of benzene rings is 2. The largest absolute Gasteiger partial charge is 0.355 e. The summed E-state index contributed by atoms with van der Waals surface area (Å²) in [6.45, 7) is 5.09. The van der Waals surface area contributed by atoms with Gasteiger partial charge >= 0.3 is 0 Å². The lowest BCUT2D eigenvalue weighted by Crippen LogP contribution is -2.25.